The van der Waals surface area contributed by atoms with Gasteiger partial charge in [0.15, 0.2) is 0 Å². The van der Waals surface area contributed by atoms with Gasteiger partial charge in [-0.1, -0.05) is 12.1 Å². The van der Waals surface area contributed by atoms with Crippen LogP contribution in [0, 0.1) is 13.8 Å². The third-order valence-electron chi connectivity index (χ3n) is 2.45. The normalized spacial score (nSPS) is 11.2. The van der Waals surface area contributed by atoms with Crippen LogP contribution in [0.2, 0.25) is 0 Å². The highest BCUT2D eigenvalue weighted by Crippen LogP contribution is 2.19. The van der Waals surface area contributed by atoms with Crippen LogP contribution in [-0.2, 0) is 14.8 Å². The van der Waals surface area contributed by atoms with Gasteiger partial charge >= 0.3 is 5.97 Å². The van der Waals surface area contributed by atoms with Crippen LogP contribution in [0.5, 0.6) is 0 Å². The Morgan fingerprint density at radius 1 is 1.35 bits per heavy atom. The minimum absolute atomic E-state index is 0.403. The summed E-state index contributed by atoms with van der Waals surface area (Å²) in [7, 11) is -3.60. The van der Waals surface area contributed by atoms with Crippen LogP contribution in [0.4, 0.5) is 5.69 Å². The molecule has 0 amide bonds. The van der Waals surface area contributed by atoms with Gasteiger partial charge in [-0.15, -0.1) is 0 Å². The lowest BCUT2D eigenvalue weighted by Gasteiger charge is -2.11. The molecule has 0 saturated carbocycles. The molecule has 0 fully saturated rings. The Morgan fingerprint density at radius 2 is 2.00 bits per heavy atom. The first-order chi connectivity index (χ1) is 7.82. The third-order valence-corrected chi connectivity index (χ3v) is 3.73. The summed E-state index contributed by atoms with van der Waals surface area (Å²) in [5.74, 6) is -1.55. The SMILES string of the molecule is Cc1cccc(NS(=O)(=O)CCC(=O)O)c1C. The van der Waals surface area contributed by atoms with Crippen molar-refractivity contribution >= 4 is 21.7 Å². The zero-order valence-corrected chi connectivity index (χ0v) is 10.5. The average molecular weight is 257 g/mol. The molecule has 17 heavy (non-hydrogen) atoms. The van der Waals surface area contributed by atoms with E-state index < -0.39 is 28.2 Å². The van der Waals surface area contributed by atoms with E-state index in [1.165, 1.54) is 0 Å². The number of hydrogen-bond donors (Lipinski definition) is 2. The summed E-state index contributed by atoms with van der Waals surface area (Å²) >= 11 is 0. The number of carboxylic acid groups (broad SMARTS) is 1. The van der Waals surface area contributed by atoms with E-state index in [0.717, 1.165) is 11.1 Å². The summed E-state index contributed by atoms with van der Waals surface area (Å²) in [6, 6.07) is 5.28. The fraction of sp³-hybridized carbons (Fsp3) is 0.364. The zero-order valence-electron chi connectivity index (χ0n) is 9.73. The number of nitrogens with one attached hydrogen (secondary N) is 1. The van der Waals surface area contributed by atoms with E-state index in [2.05, 4.69) is 4.72 Å². The van der Waals surface area contributed by atoms with E-state index in [0.29, 0.717) is 5.69 Å². The van der Waals surface area contributed by atoms with Gasteiger partial charge in [0.25, 0.3) is 0 Å². The first-order valence-electron chi connectivity index (χ1n) is 5.10. The fourth-order valence-corrected chi connectivity index (χ4v) is 2.40. The highest BCUT2D eigenvalue weighted by molar-refractivity contribution is 7.92. The van der Waals surface area contributed by atoms with E-state index >= 15 is 0 Å². The van der Waals surface area contributed by atoms with Crippen molar-refractivity contribution in [3.05, 3.63) is 29.3 Å². The minimum Gasteiger partial charge on any atom is -0.481 e. The lowest BCUT2D eigenvalue weighted by Crippen LogP contribution is -2.19. The topological polar surface area (TPSA) is 83.5 Å². The summed E-state index contributed by atoms with van der Waals surface area (Å²) in [5.41, 5.74) is 2.31. The number of aliphatic carboxylic acids is 1. The predicted octanol–water partition coefficient (Wildman–Crippen LogP) is 1.52. The smallest absolute Gasteiger partial charge is 0.304 e. The second kappa shape index (κ2) is 5.18. The van der Waals surface area contributed by atoms with Gasteiger partial charge in [-0.3, -0.25) is 9.52 Å². The van der Waals surface area contributed by atoms with Crippen molar-refractivity contribution in [2.24, 2.45) is 0 Å². The average Bonchev–Trinajstić information content (AvgIpc) is 2.22. The number of sulfonamides is 1. The molecule has 0 bridgehead atoms. The molecule has 5 nitrogen and oxygen atoms in total. The Balaban J connectivity index is 2.83. The Kier molecular flexibility index (Phi) is 4.11. The van der Waals surface area contributed by atoms with Gasteiger partial charge in [0, 0.05) is 0 Å². The van der Waals surface area contributed by atoms with Crippen molar-refractivity contribution in [2.75, 3.05) is 10.5 Å². The lowest BCUT2D eigenvalue weighted by molar-refractivity contribution is -0.136. The third kappa shape index (κ3) is 4.07. The van der Waals surface area contributed by atoms with Crippen LogP contribution in [0.25, 0.3) is 0 Å². The molecular formula is C11H15NO4S. The molecule has 0 heterocycles. The molecule has 0 aliphatic carbocycles. The molecule has 1 rings (SSSR count). The molecule has 0 atom stereocenters. The number of anilines is 1. The maximum Gasteiger partial charge on any atom is 0.304 e. The van der Waals surface area contributed by atoms with E-state index in [9.17, 15) is 13.2 Å². The standard InChI is InChI=1S/C11H15NO4S/c1-8-4-3-5-10(9(8)2)12-17(15,16)7-6-11(13)14/h3-5,12H,6-7H2,1-2H3,(H,13,14). The molecule has 2 N–H and O–H groups in total. The molecule has 0 radical (unpaired) electrons. The van der Waals surface area contributed by atoms with Crippen LogP contribution in [-0.4, -0.2) is 25.2 Å². The summed E-state index contributed by atoms with van der Waals surface area (Å²) < 4.78 is 25.6. The lowest BCUT2D eigenvalue weighted by atomic mass is 10.1. The molecule has 0 unspecified atom stereocenters. The van der Waals surface area contributed by atoms with Crippen molar-refractivity contribution in [1.82, 2.24) is 0 Å². The van der Waals surface area contributed by atoms with Crippen LogP contribution < -0.4 is 4.72 Å². The number of rotatable bonds is 5. The molecule has 0 aliphatic rings. The monoisotopic (exact) mass is 257 g/mol. The van der Waals surface area contributed by atoms with E-state index in [1.54, 1.807) is 12.1 Å². The van der Waals surface area contributed by atoms with Crippen LogP contribution >= 0.6 is 0 Å². The molecule has 0 spiro atoms. The number of benzene rings is 1. The molecule has 0 aromatic heterocycles. The Bertz CT molecular complexity index is 522. The largest absolute Gasteiger partial charge is 0.481 e. The van der Waals surface area contributed by atoms with E-state index in [4.69, 9.17) is 5.11 Å². The number of carbonyl (C=O) groups is 1. The van der Waals surface area contributed by atoms with Crippen molar-refractivity contribution in [3.8, 4) is 0 Å². The van der Waals surface area contributed by atoms with Crippen molar-refractivity contribution < 1.29 is 18.3 Å². The molecule has 94 valence electrons. The van der Waals surface area contributed by atoms with E-state index in [1.807, 2.05) is 19.9 Å². The van der Waals surface area contributed by atoms with Crippen LogP contribution in [0.15, 0.2) is 18.2 Å². The quantitative estimate of drug-likeness (QED) is 0.837. The van der Waals surface area contributed by atoms with Gasteiger partial charge in [-0.25, -0.2) is 8.42 Å². The van der Waals surface area contributed by atoms with Crippen molar-refractivity contribution in [1.29, 1.82) is 0 Å². The van der Waals surface area contributed by atoms with Gasteiger partial charge in [0.2, 0.25) is 10.0 Å². The summed E-state index contributed by atoms with van der Waals surface area (Å²) in [5, 5.41) is 8.45. The maximum atomic E-state index is 11.6. The summed E-state index contributed by atoms with van der Waals surface area (Å²) in [4.78, 5) is 10.3. The molecule has 0 saturated heterocycles. The number of carboxylic acids is 1. The first-order valence-corrected chi connectivity index (χ1v) is 6.75. The van der Waals surface area contributed by atoms with Gasteiger partial charge < -0.3 is 5.11 Å². The second-order valence-electron chi connectivity index (χ2n) is 3.81. The molecule has 1 aromatic rings. The van der Waals surface area contributed by atoms with Crippen molar-refractivity contribution in [3.63, 3.8) is 0 Å². The molecule has 1 aromatic carbocycles. The second-order valence-corrected chi connectivity index (χ2v) is 5.65. The molecular weight excluding hydrogens is 242 g/mol. The predicted molar refractivity (Wildman–Crippen MR) is 65.6 cm³/mol. The first kappa shape index (κ1) is 13.5. The highest BCUT2D eigenvalue weighted by atomic mass is 32.2. The Labute approximate surface area is 101 Å². The summed E-state index contributed by atoms with van der Waals surface area (Å²) in [6.07, 6.45) is -0.403. The highest BCUT2D eigenvalue weighted by Gasteiger charge is 2.14. The Hall–Kier alpha value is -1.56. The van der Waals surface area contributed by atoms with Crippen LogP contribution in [0.1, 0.15) is 17.5 Å². The van der Waals surface area contributed by atoms with Gasteiger partial charge in [-0.2, -0.15) is 0 Å². The van der Waals surface area contributed by atoms with Gasteiger partial charge in [0.1, 0.15) is 0 Å². The fourth-order valence-electron chi connectivity index (χ4n) is 1.30. The summed E-state index contributed by atoms with van der Waals surface area (Å²) in [6.45, 7) is 3.69. The molecule has 0 aliphatic heterocycles. The van der Waals surface area contributed by atoms with Crippen molar-refractivity contribution in [2.45, 2.75) is 20.3 Å². The van der Waals surface area contributed by atoms with Crippen LogP contribution in [0.3, 0.4) is 0 Å². The zero-order chi connectivity index (χ0) is 13.1. The minimum atomic E-state index is -3.60. The van der Waals surface area contributed by atoms with E-state index in [-0.39, 0.29) is 0 Å². The molecule has 6 heteroatoms. The number of hydrogen-bond acceptors (Lipinski definition) is 3. The maximum absolute atomic E-state index is 11.6. The number of aryl methyl sites for hydroxylation is 1. The van der Waals surface area contributed by atoms with Gasteiger partial charge in [-0.05, 0) is 31.0 Å². The Morgan fingerprint density at radius 3 is 2.59 bits per heavy atom. The van der Waals surface area contributed by atoms with Gasteiger partial charge in [0.05, 0.1) is 17.9 Å².